The van der Waals surface area contributed by atoms with Crippen LogP contribution in [-0.2, 0) is 4.74 Å². The molecule has 3 N–H and O–H groups in total. The Bertz CT molecular complexity index is 351. The highest BCUT2D eigenvalue weighted by molar-refractivity contribution is 5.41. The summed E-state index contributed by atoms with van der Waals surface area (Å²) in [6.45, 7) is 2.88. The molecular formula is C10H17FN4O2. The van der Waals surface area contributed by atoms with Gasteiger partial charge in [0.2, 0.25) is 5.95 Å². The molecule has 1 unspecified atom stereocenters. The molecule has 0 saturated heterocycles. The van der Waals surface area contributed by atoms with E-state index in [0.717, 1.165) is 6.20 Å². The number of aliphatic hydroxyl groups excluding tert-OH is 1. The molecule has 96 valence electrons. The van der Waals surface area contributed by atoms with Crippen molar-refractivity contribution in [2.45, 2.75) is 13.0 Å². The van der Waals surface area contributed by atoms with E-state index in [1.165, 1.54) is 7.11 Å². The SMILES string of the molecule is CCNc1ncc(F)c(NCC(O)COC)n1. The van der Waals surface area contributed by atoms with Gasteiger partial charge in [0.15, 0.2) is 11.6 Å². The van der Waals surface area contributed by atoms with E-state index in [9.17, 15) is 9.50 Å². The molecule has 0 radical (unpaired) electrons. The van der Waals surface area contributed by atoms with Gasteiger partial charge in [0.1, 0.15) is 0 Å². The predicted molar refractivity (Wildman–Crippen MR) is 62.5 cm³/mol. The molecule has 1 aromatic heterocycles. The summed E-state index contributed by atoms with van der Waals surface area (Å²) in [6.07, 6.45) is 0.368. The van der Waals surface area contributed by atoms with Gasteiger partial charge in [-0.1, -0.05) is 0 Å². The average Bonchev–Trinajstić information content (AvgIpc) is 2.30. The van der Waals surface area contributed by atoms with Crippen LogP contribution in [0.4, 0.5) is 16.2 Å². The van der Waals surface area contributed by atoms with Crippen LogP contribution in [0, 0.1) is 5.82 Å². The quantitative estimate of drug-likeness (QED) is 0.647. The van der Waals surface area contributed by atoms with E-state index < -0.39 is 11.9 Å². The molecule has 0 aliphatic carbocycles. The van der Waals surface area contributed by atoms with Crippen LogP contribution in [0.3, 0.4) is 0 Å². The predicted octanol–water partition coefficient (Wildman–Crippen LogP) is 0.467. The number of aromatic nitrogens is 2. The lowest BCUT2D eigenvalue weighted by Gasteiger charge is -2.12. The Balaban J connectivity index is 2.59. The van der Waals surface area contributed by atoms with E-state index in [4.69, 9.17) is 4.74 Å². The van der Waals surface area contributed by atoms with Crippen molar-refractivity contribution in [1.29, 1.82) is 0 Å². The minimum atomic E-state index is -0.711. The van der Waals surface area contributed by atoms with Crippen LogP contribution >= 0.6 is 0 Å². The van der Waals surface area contributed by atoms with Gasteiger partial charge in [0, 0.05) is 20.2 Å². The second kappa shape index (κ2) is 6.97. The molecule has 0 aliphatic heterocycles. The van der Waals surface area contributed by atoms with E-state index in [0.29, 0.717) is 12.5 Å². The van der Waals surface area contributed by atoms with Crippen LogP contribution in [0.25, 0.3) is 0 Å². The number of nitrogens with zero attached hydrogens (tertiary/aromatic N) is 2. The van der Waals surface area contributed by atoms with Gasteiger partial charge >= 0.3 is 0 Å². The van der Waals surface area contributed by atoms with Gasteiger partial charge < -0.3 is 20.5 Å². The van der Waals surface area contributed by atoms with Crippen LogP contribution in [0.1, 0.15) is 6.92 Å². The van der Waals surface area contributed by atoms with Crippen molar-refractivity contribution in [3.63, 3.8) is 0 Å². The van der Waals surface area contributed by atoms with Gasteiger partial charge in [0.25, 0.3) is 0 Å². The number of anilines is 2. The molecule has 0 bridgehead atoms. The number of hydrogen-bond acceptors (Lipinski definition) is 6. The molecule has 7 heteroatoms. The zero-order valence-electron chi connectivity index (χ0n) is 9.90. The fraction of sp³-hybridized carbons (Fsp3) is 0.600. The number of aliphatic hydroxyl groups is 1. The summed E-state index contributed by atoms with van der Waals surface area (Å²) in [5.74, 6) is -0.153. The van der Waals surface area contributed by atoms with E-state index >= 15 is 0 Å². The molecule has 0 aromatic carbocycles. The van der Waals surface area contributed by atoms with Crippen LogP contribution < -0.4 is 10.6 Å². The topological polar surface area (TPSA) is 79.3 Å². The summed E-state index contributed by atoms with van der Waals surface area (Å²) in [5.41, 5.74) is 0. The van der Waals surface area contributed by atoms with E-state index in [2.05, 4.69) is 20.6 Å². The first-order chi connectivity index (χ1) is 8.17. The Kier molecular flexibility index (Phi) is 5.58. The highest BCUT2D eigenvalue weighted by Crippen LogP contribution is 2.11. The third kappa shape index (κ3) is 4.49. The first-order valence-electron chi connectivity index (χ1n) is 5.34. The largest absolute Gasteiger partial charge is 0.389 e. The molecule has 1 rings (SSSR count). The fourth-order valence-electron chi connectivity index (χ4n) is 1.20. The van der Waals surface area contributed by atoms with Gasteiger partial charge in [-0.05, 0) is 6.92 Å². The van der Waals surface area contributed by atoms with Crippen LogP contribution in [0.5, 0.6) is 0 Å². The monoisotopic (exact) mass is 244 g/mol. The second-order valence-corrected chi connectivity index (χ2v) is 3.41. The molecule has 17 heavy (non-hydrogen) atoms. The molecule has 1 aromatic rings. The molecule has 0 amide bonds. The van der Waals surface area contributed by atoms with Crippen molar-refractivity contribution in [2.24, 2.45) is 0 Å². The smallest absolute Gasteiger partial charge is 0.224 e. The van der Waals surface area contributed by atoms with Gasteiger partial charge in [-0.3, -0.25) is 0 Å². The van der Waals surface area contributed by atoms with Crippen molar-refractivity contribution in [3.05, 3.63) is 12.0 Å². The number of halogens is 1. The maximum Gasteiger partial charge on any atom is 0.224 e. The number of ether oxygens (including phenoxy) is 1. The minimum Gasteiger partial charge on any atom is -0.389 e. The number of hydrogen-bond donors (Lipinski definition) is 3. The number of rotatable bonds is 7. The van der Waals surface area contributed by atoms with Crippen molar-refractivity contribution in [1.82, 2.24) is 9.97 Å². The van der Waals surface area contributed by atoms with Crippen LogP contribution in [-0.4, -0.2) is 48.0 Å². The summed E-state index contributed by atoms with van der Waals surface area (Å²) in [4.78, 5) is 7.70. The average molecular weight is 244 g/mol. The molecule has 1 atom stereocenters. The van der Waals surface area contributed by atoms with Crippen LogP contribution in [0.2, 0.25) is 0 Å². The number of methoxy groups -OCH3 is 1. The first kappa shape index (κ1) is 13.6. The van der Waals surface area contributed by atoms with Gasteiger partial charge in [-0.2, -0.15) is 4.98 Å². The summed E-state index contributed by atoms with van der Waals surface area (Å²) >= 11 is 0. The van der Waals surface area contributed by atoms with Crippen molar-refractivity contribution in [2.75, 3.05) is 37.4 Å². The molecular weight excluding hydrogens is 227 g/mol. The van der Waals surface area contributed by atoms with E-state index in [1.807, 2.05) is 6.92 Å². The molecule has 6 nitrogen and oxygen atoms in total. The Labute approximate surface area is 99.2 Å². The highest BCUT2D eigenvalue weighted by atomic mass is 19.1. The Morgan fingerprint density at radius 2 is 2.29 bits per heavy atom. The minimum absolute atomic E-state index is 0.0612. The maximum atomic E-state index is 13.3. The Morgan fingerprint density at radius 1 is 1.53 bits per heavy atom. The van der Waals surface area contributed by atoms with Gasteiger partial charge in [-0.25, -0.2) is 9.37 Å². The standard InChI is InChI=1S/C10H17FN4O2/c1-3-12-10-14-5-8(11)9(15-10)13-4-7(16)6-17-2/h5,7,16H,3-4,6H2,1-2H3,(H2,12,13,14,15). The lowest BCUT2D eigenvalue weighted by Crippen LogP contribution is -2.25. The summed E-state index contributed by atoms with van der Waals surface area (Å²) < 4.78 is 18.1. The van der Waals surface area contributed by atoms with Gasteiger partial charge in [-0.15, -0.1) is 0 Å². The third-order valence-electron chi connectivity index (χ3n) is 1.94. The van der Waals surface area contributed by atoms with Crippen molar-refractivity contribution in [3.8, 4) is 0 Å². The summed E-state index contributed by atoms with van der Waals surface area (Å²) in [7, 11) is 1.48. The van der Waals surface area contributed by atoms with Gasteiger partial charge in [0.05, 0.1) is 18.9 Å². The van der Waals surface area contributed by atoms with E-state index in [1.54, 1.807) is 0 Å². The lowest BCUT2D eigenvalue weighted by atomic mass is 10.3. The first-order valence-corrected chi connectivity index (χ1v) is 5.34. The zero-order chi connectivity index (χ0) is 12.7. The summed E-state index contributed by atoms with van der Waals surface area (Å²) in [6, 6.07) is 0. The highest BCUT2D eigenvalue weighted by Gasteiger charge is 2.09. The maximum absolute atomic E-state index is 13.3. The fourth-order valence-corrected chi connectivity index (χ4v) is 1.20. The molecule has 0 saturated carbocycles. The summed E-state index contributed by atoms with van der Waals surface area (Å²) in [5, 5.41) is 15.0. The van der Waals surface area contributed by atoms with E-state index in [-0.39, 0.29) is 19.0 Å². The molecule has 1 heterocycles. The Morgan fingerprint density at radius 3 is 2.94 bits per heavy atom. The normalized spacial score (nSPS) is 12.2. The van der Waals surface area contributed by atoms with Crippen molar-refractivity contribution >= 4 is 11.8 Å². The molecule has 0 fully saturated rings. The van der Waals surface area contributed by atoms with Crippen LogP contribution in [0.15, 0.2) is 6.20 Å². The lowest BCUT2D eigenvalue weighted by molar-refractivity contribution is 0.0726. The second-order valence-electron chi connectivity index (χ2n) is 3.41. The zero-order valence-corrected chi connectivity index (χ0v) is 9.90. The van der Waals surface area contributed by atoms with Crippen molar-refractivity contribution < 1.29 is 14.2 Å². The molecule has 0 spiro atoms. The number of nitrogens with one attached hydrogen (secondary N) is 2. The molecule has 0 aliphatic rings. The third-order valence-corrected chi connectivity index (χ3v) is 1.94. The Hall–Kier alpha value is -1.47.